The molecule has 1 atom stereocenters. The van der Waals surface area contributed by atoms with Crippen molar-refractivity contribution in [1.29, 1.82) is 0 Å². The highest BCUT2D eigenvalue weighted by Gasteiger charge is 2.27. The lowest BCUT2D eigenvalue weighted by atomic mass is 10.0. The first-order valence-electron chi connectivity index (χ1n) is 5.93. The van der Waals surface area contributed by atoms with Crippen LogP contribution in [-0.4, -0.2) is 36.0 Å². The summed E-state index contributed by atoms with van der Waals surface area (Å²) in [5, 5.41) is 11.4. The number of anilines is 1. The summed E-state index contributed by atoms with van der Waals surface area (Å²) in [6.07, 6.45) is 0. The van der Waals surface area contributed by atoms with Crippen LogP contribution in [0.3, 0.4) is 0 Å². The Morgan fingerprint density at radius 1 is 1.42 bits per heavy atom. The van der Waals surface area contributed by atoms with Gasteiger partial charge in [0.15, 0.2) is 0 Å². The molecule has 19 heavy (non-hydrogen) atoms. The molecule has 1 aliphatic rings. The van der Waals surface area contributed by atoms with Gasteiger partial charge in [-0.3, -0.25) is 14.4 Å². The smallest absolute Gasteiger partial charge is 0.316 e. The van der Waals surface area contributed by atoms with E-state index < -0.39 is 23.7 Å². The fourth-order valence-corrected chi connectivity index (χ4v) is 1.93. The van der Waals surface area contributed by atoms with Crippen molar-refractivity contribution in [2.45, 2.75) is 12.8 Å². The van der Waals surface area contributed by atoms with Gasteiger partial charge in [-0.25, -0.2) is 0 Å². The van der Waals surface area contributed by atoms with Gasteiger partial charge in [-0.1, -0.05) is 12.1 Å². The van der Waals surface area contributed by atoms with E-state index in [4.69, 9.17) is 5.11 Å². The van der Waals surface area contributed by atoms with Crippen molar-refractivity contribution in [3.05, 3.63) is 29.8 Å². The summed E-state index contributed by atoms with van der Waals surface area (Å²) in [6, 6.07) is 6.70. The quantitative estimate of drug-likeness (QED) is 0.769. The van der Waals surface area contributed by atoms with Crippen molar-refractivity contribution in [2.24, 2.45) is 0 Å². The monoisotopic (exact) mass is 262 g/mol. The zero-order valence-electron chi connectivity index (χ0n) is 10.4. The average molecular weight is 262 g/mol. The zero-order valence-corrected chi connectivity index (χ0v) is 10.4. The largest absolute Gasteiger partial charge is 0.481 e. The van der Waals surface area contributed by atoms with Crippen LogP contribution < -0.4 is 10.2 Å². The van der Waals surface area contributed by atoms with Gasteiger partial charge in [-0.2, -0.15) is 0 Å². The number of nitrogens with one attached hydrogen (secondary N) is 1. The first-order chi connectivity index (χ1) is 9.00. The highest BCUT2D eigenvalue weighted by Crippen LogP contribution is 2.23. The molecule has 1 fully saturated rings. The molecule has 100 valence electrons. The molecular formula is C13H14N2O4. The van der Waals surface area contributed by atoms with Crippen molar-refractivity contribution in [1.82, 2.24) is 5.32 Å². The van der Waals surface area contributed by atoms with Gasteiger partial charge < -0.3 is 15.3 Å². The number of hydrogen-bond donors (Lipinski definition) is 2. The minimum atomic E-state index is -0.931. The number of carbonyl (C=O) groups excluding carboxylic acids is 2. The summed E-state index contributed by atoms with van der Waals surface area (Å²) < 4.78 is 0. The van der Waals surface area contributed by atoms with Gasteiger partial charge in [-0.05, 0) is 24.6 Å². The fraction of sp³-hybridized carbons (Fsp3) is 0.308. The normalized spacial score (nSPS) is 17.0. The van der Waals surface area contributed by atoms with E-state index in [0.29, 0.717) is 24.3 Å². The lowest BCUT2D eigenvalue weighted by Gasteiger charge is -2.27. The van der Waals surface area contributed by atoms with E-state index in [1.807, 2.05) is 0 Å². The molecule has 0 bridgehead atoms. The Bertz CT molecular complexity index is 541. The highest BCUT2D eigenvalue weighted by molar-refractivity contribution is 6.41. The summed E-state index contributed by atoms with van der Waals surface area (Å²) in [5.74, 6) is -2.84. The second kappa shape index (κ2) is 5.09. The van der Waals surface area contributed by atoms with E-state index in [9.17, 15) is 14.4 Å². The maximum atomic E-state index is 11.7. The SMILES string of the molecule is CC(C(=O)O)c1cccc(N2CCNC(=O)C2=O)c1. The minimum absolute atomic E-state index is 0.384. The number of amides is 2. The van der Waals surface area contributed by atoms with Crippen molar-refractivity contribution in [3.63, 3.8) is 0 Å². The molecule has 0 aromatic heterocycles. The molecule has 1 aromatic carbocycles. The molecule has 1 unspecified atom stereocenters. The van der Waals surface area contributed by atoms with Crippen LogP contribution in [0, 0.1) is 0 Å². The Morgan fingerprint density at radius 3 is 2.84 bits per heavy atom. The van der Waals surface area contributed by atoms with Crippen LogP contribution in [0.1, 0.15) is 18.4 Å². The number of carboxylic acids is 1. The molecule has 0 spiro atoms. The third-order valence-corrected chi connectivity index (χ3v) is 3.11. The summed E-state index contributed by atoms with van der Waals surface area (Å²) in [5.41, 5.74) is 1.15. The Balaban J connectivity index is 2.30. The molecule has 0 saturated carbocycles. The summed E-state index contributed by atoms with van der Waals surface area (Å²) in [6.45, 7) is 2.35. The third-order valence-electron chi connectivity index (χ3n) is 3.11. The van der Waals surface area contributed by atoms with Gasteiger partial charge in [0.1, 0.15) is 0 Å². The molecule has 6 nitrogen and oxygen atoms in total. The van der Waals surface area contributed by atoms with Crippen LogP contribution in [0.5, 0.6) is 0 Å². The van der Waals surface area contributed by atoms with Gasteiger partial charge >= 0.3 is 17.8 Å². The lowest BCUT2D eigenvalue weighted by molar-refractivity contribution is -0.138. The molecule has 2 amide bonds. The Kier molecular flexibility index (Phi) is 3.50. The van der Waals surface area contributed by atoms with Crippen molar-refractivity contribution in [2.75, 3.05) is 18.0 Å². The van der Waals surface area contributed by atoms with Gasteiger partial charge in [0.05, 0.1) is 5.92 Å². The summed E-state index contributed by atoms with van der Waals surface area (Å²) in [4.78, 5) is 35.4. The fourth-order valence-electron chi connectivity index (χ4n) is 1.93. The Hall–Kier alpha value is -2.37. The second-order valence-corrected chi connectivity index (χ2v) is 4.37. The number of rotatable bonds is 3. The Morgan fingerprint density at radius 2 is 2.16 bits per heavy atom. The average Bonchev–Trinajstić information content (AvgIpc) is 2.41. The topological polar surface area (TPSA) is 86.7 Å². The first-order valence-corrected chi connectivity index (χ1v) is 5.93. The van der Waals surface area contributed by atoms with Gasteiger partial charge in [0, 0.05) is 18.8 Å². The van der Waals surface area contributed by atoms with E-state index in [0.717, 1.165) is 0 Å². The van der Waals surface area contributed by atoms with Gasteiger partial charge in [0.2, 0.25) is 0 Å². The van der Waals surface area contributed by atoms with Crippen LogP contribution in [-0.2, 0) is 14.4 Å². The van der Waals surface area contributed by atoms with Crippen molar-refractivity contribution >= 4 is 23.5 Å². The predicted octanol–water partition coefficient (Wildman–Crippen LogP) is 0.337. The lowest BCUT2D eigenvalue weighted by Crippen LogP contribution is -2.52. The zero-order chi connectivity index (χ0) is 14.0. The number of piperazine rings is 1. The molecule has 2 N–H and O–H groups in total. The molecule has 2 rings (SSSR count). The molecule has 6 heteroatoms. The molecule has 1 saturated heterocycles. The van der Waals surface area contributed by atoms with E-state index in [2.05, 4.69) is 5.32 Å². The van der Waals surface area contributed by atoms with Crippen LogP contribution in [0.25, 0.3) is 0 Å². The van der Waals surface area contributed by atoms with Gasteiger partial charge in [0.25, 0.3) is 0 Å². The second-order valence-electron chi connectivity index (χ2n) is 4.37. The molecule has 1 aliphatic heterocycles. The van der Waals surface area contributed by atoms with Crippen LogP contribution in [0.2, 0.25) is 0 Å². The number of aliphatic carboxylic acids is 1. The number of benzene rings is 1. The molecule has 0 radical (unpaired) electrons. The minimum Gasteiger partial charge on any atom is -0.481 e. The van der Waals surface area contributed by atoms with E-state index >= 15 is 0 Å². The van der Waals surface area contributed by atoms with Crippen molar-refractivity contribution in [3.8, 4) is 0 Å². The van der Waals surface area contributed by atoms with Gasteiger partial charge in [-0.15, -0.1) is 0 Å². The van der Waals surface area contributed by atoms with Crippen LogP contribution in [0.15, 0.2) is 24.3 Å². The highest BCUT2D eigenvalue weighted by atomic mass is 16.4. The maximum Gasteiger partial charge on any atom is 0.316 e. The van der Waals surface area contributed by atoms with E-state index in [-0.39, 0.29) is 0 Å². The number of hydrogen-bond acceptors (Lipinski definition) is 3. The maximum absolute atomic E-state index is 11.7. The van der Waals surface area contributed by atoms with Crippen LogP contribution in [0.4, 0.5) is 5.69 Å². The summed E-state index contributed by atoms with van der Waals surface area (Å²) >= 11 is 0. The Labute approximate surface area is 110 Å². The predicted molar refractivity (Wildman–Crippen MR) is 67.9 cm³/mol. The molecule has 1 aromatic rings. The first kappa shape index (κ1) is 13.1. The number of nitrogens with zero attached hydrogens (tertiary/aromatic N) is 1. The van der Waals surface area contributed by atoms with E-state index in [1.165, 1.54) is 4.90 Å². The number of carbonyl (C=O) groups is 3. The number of carboxylic acid groups (broad SMARTS) is 1. The summed E-state index contributed by atoms with van der Waals surface area (Å²) in [7, 11) is 0. The molecule has 0 aliphatic carbocycles. The third kappa shape index (κ3) is 2.57. The van der Waals surface area contributed by atoms with Crippen LogP contribution >= 0.6 is 0 Å². The van der Waals surface area contributed by atoms with Crippen molar-refractivity contribution < 1.29 is 19.5 Å². The van der Waals surface area contributed by atoms with E-state index in [1.54, 1.807) is 31.2 Å². The molecule has 1 heterocycles. The standard InChI is InChI=1S/C13H14N2O4/c1-8(13(18)19)9-3-2-4-10(7-9)15-6-5-14-11(16)12(15)17/h2-4,7-8H,5-6H2,1H3,(H,14,16)(H,18,19). The molecular weight excluding hydrogens is 248 g/mol.